The number of hydrogen-bond donors (Lipinski definition) is 0. The van der Waals surface area contributed by atoms with Crippen molar-refractivity contribution < 1.29 is 9.47 Å². The molecule has 0 aromatic heterocycles. The second-order valence-corrected chi connectivity index (χ2v) is 8.49. The van der Waals surface area contributed by atoms with E-state index in [1.165, 1.54) is 49.0 Å². The normalized spacial score (nSPS) is 11.6. The third-order valence-electron chi connectivity index (χ3n) is 6.77. The van der Waals surface area contributed by atoms with Crippen LogP contribution in [0, 0.1) is 0 Å². The molecule has 0 atom stereocenters. The summed E-state index contributed by atoms with van der Waals surface area (Å²) in [6.45, 7) is 0. The summed E-state index contributed by atoms with van der Waals surface area (Å²) in [5, 5.41) is 7.84. The lowest BCUT2D eigenvalue weighted by molar-refractivity contribution is 0.414. The van der Waals surface area contributed by atoms with Crippen molar-refractivity contribution in [2.24, 2.45) is 0 Å². The van der Waals surface area contributed by atoms with E-state index in [1.54, 1.807) is 14.2 Å². The summed E-state index contributed by atoms with van der Waals surface area (Å²) in [7, 11) is 3.41. The number of ether oxygens (including phenoxy) is 2. The molecule has 0 N–H and O–H groups in total. The van der Waals surface area contributed by atoms with E-state index in [2.05, 4.69) is 78.9 Å². The molecule has 2 nitrogen and oxygen atoms in total. The standard InChI is InChI=1S/C31H24O2/c1-32-25-14-8-22(9-15-25)29(23-10-16-26(33-2)17-11-23)27-18-13-24-7-6-20-4-3-5-21-12-19-28(27)31(24)30(20)21/h3-19,29H,1-2H3. The Morgan fingerprint density at radius 1 is 0.485 bits per heavy atom. The molecule has 2 heteroatoms. The van der Waals surface area contributed by atoms with Crippen molar-refractivity contribution in [2.75, 3.05) is 14.2 Å². The third kappa shape index (κ3) is 3.18. The average Bonchev–Trinajstić information content (AvgIpc) is 2.89. The van der Waals surface area contributed by atoms with Gasteiger partial charge in [-0.15, -0.1) is 0 Å². The fourth-order valence-corrected chi connectivity index (χ4v) is 5.15. The summed E-state index contributed by atoms with van der Waals surface area (Å²) in [6.07, 6.45) is 0. The molecule has 6 rings (SSSR count). The monoisotopic (exact) mass is 428 g/mol. The minimum absolute atomic E-state index is 0.0892. The maximum Gasteiger partial charge on any atom is 0.118 e. The lowest BCUT2D eigenvalue weighted by Crippen LogP contribution is -2.05. The summed E-state index contributed by atoms with van der Waals surface area (Å²) in [5.74, 6) is 1.82. The molecular formula is C31H24O2. The molecule has 0 unspecified atom stereocenters. The van der Waals surface area contributed by atoms with Gasteiger partial charge in [0, 0.05) is 5.92 Å². The quantitative estimate of drug-likeness (QED) is 0.206. The molecule has 0 amide bonds. The highest BCUT2D eigenvalue weighted by Crippen LogP contribution is 2.42. The lowest BCUT2D eigenvalue weighted by Gasteiger charge is -2.23. The second kappa shape index (κ2) is 7.83. The van der Waals surface area contributed by atoms with Crippen LogP contribution in [0.5, 0.6) is 11.5 Å². The van der Waals surface area contributed by atoms with Crippen LogP contribution in [0.25, 0.3) is 32.3 Å². The second-order valence-electron chi connectivity index (χ2n) is 8.49. The van der Waals surface area contributed by atoms with Gasteiger partial charge in [0.15, 0.2) is 0 Å². The van der Waals surface area contributed by atoms with Gasteiger partial charge in [-0.1, -0.05) is 78.9 Å². The van der Waals surface area contributed by atoms with E-state index in [1.807, 2.05) is 24.3 Å². The van der Waals surface area contributed by atoms with Gasteiger partial charge < -0.3 is 9.47 Å². The highest BCUT2D eigenvalue weighted by Gasteiger charge is 2.21. The Bertz CT molecular complexity index is 1500. The Morgan fingerprint density at radius 3 is 1.52 bits per heavy atom. The fraction of sp³-hybridized carbons (Fsp3) is 0.0968. The Balaban J connectivity index is 1.64. The van der Waals surface area contributed by atoms with Crippen molar-refractivity contribution in [3.63, 3.8) is 0 Å². The van der Waals surface area contributed by atoms with E-state index in [-0.39, 0.29) is 5.92 Å². The van der Waals surface area contributed by atoms with Crippen molar-refractivity contribution >= 4 is 32.3 Å². The molecule has 0 saturated carbocycles. The van der Waals surface area contributed by atoms with Gasteiger partial charge in [0.05, 0.1) is 14.2 Å². The molecule has 0 aliphatic carbocycles. The van der Waals surface area contributed by atoms with Crippen LogP contribution in [0.3, 0.4) is 0 Å². The SMILES string of the molecule is COc1ccc(C(c2ccc(OC)cc2)c2ccc3ccc4cccc5ccc2c3c45)cc1. The van der Waals surface area contributed by atoms with Crippen LogP contribution in [0.1, 0.15) is 22.6 Å². The first-order chi connectivity index (χ1) is 16.3. The van der Waals surface area contributed by atoms with Gasteiger partial charge in [0.1, 0.15) is 11.5 Å². The summed E-state index contributed by atoms with van der Waals surface area (Å²) < 4.78 is 10.8. The molecule has 0 fully saturated rings. The van der Waals surface area contributed by atoms with E-state index in [9.17, 15) is 0 Å². The summed E-state index contributed by atoms with van der Waals surface area (Å²) in [5.41, 5.74) is 3.77. The van der Waals surface area contributed by atoms with Crippen molar-refractivity contribution in [1.82, 2.24) is 0 Å². The maximum atomic E-state index is 5.42. The first kappa shape index (κ1) is 19.6. The van der Waals surface area contributed by atoms with E-state index < -0.39 is 0 Å². The zero-order chi connectivity index (χ0) is 22.4. The molecule has 6 aromatic rings. The van der Waals surface area contributed by atoms with Gasteiger partial charge in [0.25, 0.3) is 0 Å². The van der Waals surface area contributed by atoms with Crippen LogP contribution in [0.2, 0.25) is 0 Å². The van der Waals surface area contributed by atoms with Gasteiger partial charge in [-0.3, -0.25) is 0 Å². The van der Waals surface area contributed by atoms with Gasteiger partial charge >= 0.3 is 0 Å². The Morgan fingerprint density at radius 2 is 0.970 bits per heavy atom. The smallest absolute Gasteiger partial charge is 0.118 e. The number of rotatable bonds is 5. The van der Waals surface area contributed by atoms with E-state index >= 15 is 0 Å². The Kier molecular flexibility index (Phi) is 4.66. The molecule has 33 heavy (non-hydrogen) atoms. The van der Waals surface area contributed by atoms with Crippen LogP contribution < -0.4 is 9.47 Å². The molecule has 0 radical (unpaired) electrons. The largest absolute Gasteiger partial charge is 0.497 e. The Hall–Kier alpha value is -4.04. The van der Waals surface area contributed by atoms with E-state index in [4.69, 9.17) is 9.47 Å². The van der Waals surface area contributed by atoms with E-state index in [0.29, 0.717) is 0 Å². The first-order valence-corrected chi connectivity index (χ1v) is 11.2. The van der Waals surface area contributed by atoms with Gasteiger partial charge in [-0.05, 0) is 73.3 Å². The fourth-order valence-electron chi connectivity index (χ4n) is 5.15. The first-order valence-electron chi connectivity index (χ1n) is 11.2. The zero-order valence-electron chi connectivity index (χ0n) is 18.7. The minimum atomic E-state index is 0.0892. The van der Waals surface area contributed by atoms with Crippen LogP contribution in [0.15, 0.2) is 103 Å². The van der Waals surface area contributed by atoms with Crippen molar-refractivity contribution in [2.45, 2.75) is 5.92 Å². The van der Waals surface area contributed by atoms with Crippen molar-refractivity contribution in [1.29, 1.82) is 0 Å². The van der Waals surface area contributed by atoms with E-state index in [0.717, 1.165) is 11.5 Å². The predicted molar refractivity (Wildman–Crippen MR) is 137 cm³/mol. The molecule has 160 valence electrons. The highest BCUT2D eigenvalue weighted by molar-refractivity contribution is 6.23. The van der Waals surface area contributed by atoms with Gasteiger partial charge in [-0.2, -0.15) is 0 Å². The molecule has 0 aliphatic rings. The molecule has 0 bridgehead atoms. The molecule has 0 spiro atoms. The van der Waals surface area contributed by atoms with Gasteiger partial charge in [-0.25, -0.2) is 0 Å². The summed E-state index contributed by atoms with van der Waals surface area (Å²) >= 11 is 0. The number of methoxy groups -OCH3 is 2. The van der Waals surface area contributed by atoms with Gasteiger partial charge in [0.2, 0.25) is 0 Å². The Labute approximate surface area is 193 Å². The maximum absolute atomic E-state index is 5.42. The van der Waals surface area contributed by atoms with Crippen molar-refractivity contribution in [3.05, 3.63) is 120 Å². The van der Waals surface area contributed by atoms with Crippen LogP contribution in [-0.2, 0) is 0 Å². The number of hydrogen-bond acceptors (Lipinski definition) is 2. The topological polar surface area (TPSA) is 18.5 Å². The molecular weight excluding hydrogens is 404 g/mol. The summed E-state index contributed by atoms with van der Waals surface area (Å²) in [6, 6.07) is 37.0. The molecule has 0 heterocycles. The van der Waals surface area contributed by atoms with Crippen LogP contribution in [0.4, 0.5) is 0 Å². The summed E-state index contributed by atoms with van der Waals surface area (Å²) in [4.78, 5) is 0. The highest BCUT2D eigenvalue weighted by atomic mass is 16.5. The zero-order valence-corrected chi connectivity index (χ0v) is 18.7. The molecule has 0 aliphatic heterocycles. The lowest BCUT2D eigenvalue weighted by atomic mass is 9.81. The average molecular weight is 429 g/mol. The molecule has 6 aromatic carbocycles. The molecule has 0 saturated heterocycles. The number of benzene rings is 6. The van der Waals surface area contributed by atoms with Crippen LogP contribution >= 0.6 is 0 Å². The van der Waals surface area contributed by atoms with Crippen LogP contribution in [-0.4, -0.2) is 14.2 Å². The minimum Gasteiger partial charge on any atom is -0.497 e. The third-order valence-corrected chi connectivity index (χ3v) is 6.77. The van der Waals surface area contributed by atoms with Crippen molar-refractivity contribution in [3.8, 4) is 11.5 Å². The predicted octanol–water partition coefficient (Wildman–Crippen LogP) is 7.78.